The molecule has 138 valence electrons. The van der Waals surface area contributed by atoms with Gasteiger partial charge >= 0.3 is 0 Å². The number of ether oxygens (including phenoxy) is 2. The summed E-state index contributed by atoms with van der Waals surface area (Å²) in [7, 11) is 3.22. The number of hydrogen-bond donors (Lipinski definition) is 2. The van der Waals surface area contributed by atoms with Crippen molar-refractivity contribution in [3.63, 3.8) is 0 Å². The van der Waals surface area contributed by atoms with Crippen molar-refractivity contribution in [3.8, 4) is 11.5 Å². The second-order valence-corrected chi connectivity index (χ2v) is 6.84. The largest absolute Gasteiger partial charge is 0.497 e. The van der Waals surface area contributed by atoms with Crippen LogP contribution in [0.2, 0.25) is 0 Å². The monoisotopic (exact) mass is 399 g/mol. The van der Waals surface area contributed by atoms with Gasteiger partial charge in [0.25, 0.3) is 0 Å². The van der Waals surface area contributed by atoms with Gasteiger partial charge in [-0.25, -0.2) is 4.98 Å². The summed E-state index contributed by atoms with van der Waals surface area (Å²) < 4.78 is 11.3. The highest BCUT2D eigenvalue weighted by Gasteiger charge is 2.08. The fourth-order valence-corrected chi connectivity index (χ4v) is 3.41. The molecule has 0 aliphatic heterocycles. The SMILES string of the molecule is COc1ccc(C=CC(=O)NC(=S)Nc2nc3ccc(OC)cc3s2)cc1. The summed E-state index contributed by atoms with van der Waals surface area (Å²) >= 11 is 6.60. The Hall–Kier alpha value is -2.97. The van der Waals surface area contributed by atoms with Gasteiger partial charge in [0.05, 0.1) is 24.4 Å². The second-order valence-electron chi connectivity index (χ2n) is 5.40. The molecule has 0 aliphatic rings. The summed E-state index contributed by atoms with van der Waals surface area (Å²) in [5, 5.41) is 6.31. The molecule has 27 heavy (non-hydrogen) atoms. The summed E-state index contributed by atoms with van der Waals surface area (Å²) in [5.41, 5.74) is 1.71. The lowest BCUT2D eigenvalue weighted by atomic mass is 10.2. The molecule has 3 aromatic rings. The van der Waals surface area contributed by atoms with Gasteiger partial charge in [0.15, 0.2) is 10.2 Å². The van der Waals surface area contributed by atoms with Crippen LogP contribution in [-0.2, 0) is 4.79 Å². The zero-order chi connectivity index (χ0) is 19.2. The Balaban J connectivity index is 1.58. The lowest BCUT2D eigenvalue weighted by Gasteiger charge is -2.04. The van der Waals surface area contributed by atoms with Crippen molar-refractivity contribution in [3.05, 3.63) is 54.1 Å². The quantitative estimate of drug-likeness (QED) is 0.502. The molecule has 8 heteroatoms. The number of thiocarbonyl (C=S) groups is 1. The number of nitrogens with one attached hydrogen (secondary N) is 2. The van der Waals surface area contributed by atoms with Gasteiger partial charge in [0, 0.05) is 6.08 Å². The van der Waals surface area contributed by atoms with E-state index in [-0.39, 0.29) is 11.0 Å². The van der Waals surface area contributed by atoms with E-state index < -0.39 is 0 Å². The molecule has 0 saturated heterocycles. The zero-order valence-corrected chi connectivity index (χ0v) is 16.3. The molecule has 3 rings (SSSR count). The lowest BCUT2D eigenvalue weighted by molar-refractivity contribution is -0.115. The Kier molecular flexibility index (Phi) is 6.00. The summed E-state index contributed by atoms with van der Waals surface area (Å²) in [4.78, 5) is 16.4. The van der Waals surface area contributed by atoms with Crippen molar-refractivity contribution < 1.29 is 14.3 Å². The van der Waals surface area contributed by atoms with E-state index >= 15 is 0 Å². The van der Waals surface area contributed by atoms with Crippen molar-refractivity contribution in [1.29, 1.82) is 0 Å². The molecule has 1 heterocycles. The van der Waals surface area contributed by atoms with E-state index in [0.717, 1.165) is 27.3 Å². The second kappa shape index (κ2) is 8.61. The molecule has 1 amide bonds. The van der Waals surface area contributed by atoms with Gasteiger partial charge in [-0.05, 0) is 54.2 Å². The number of benzene rings is 2. The molecule has 0 spiro atoms. The average Bonchev–Trinajstić information content (AvgIpc) is 3.07. The maximum Gasteiger partial charge on any atom is 0.250 e. The highest BCUT2D eigenvalue weighted by atomic mass is 32.1. The molecule has 0 saturated carbocycles. The molecule has 2 aromatic carbocycles. The molecule has 0 bridgehead atoms. The zero-order valence-electron chi connectivity index (χ0n) is 14.7. The van der Waals surface area contributed by atoms with Crippen molar-refractivity contribution in [2.24, 2.45) is 0 Å². The molecule has 0 atom stereocenters. The van der Waals surface area contributed by atoms with E-state index in [4.69, 9.17) is 21.7 Å². The Morgan fingerprint density at radius 2 is 1.81 bits per heavy atom. The number of fused-ring (bicyclic) bond motifs is 1. The van der Waals surface area contributed by atoms with Gasteiger partial charge in [0.1, 0.15) is 11.5 Å². The predicted molar refractivity (Wildman–Crippen MR) is 113 cm³/mol. The summed E-state index contributed by atoms with van der Waals surface area (Å²) in [6, 6.07) is 13.0. The van der Waals surface area contributed by atoms with Crippen LogP contribution < -0.4 is 20.1 Å². The highest BCUT2D eigenvalue weighted by molar-refractivity contribution is 7.80. The van der Waals surface area contributed by atoms with E-state index in [9.17, 15) is 4.79 Å². The molecule has 1 aromatic heterocycles. The van der Waals surface area contributed by atoms with Gasteiger partial charge < -0.3 is 14.8 Å². The van der Waals surface area contributed by atoms with Gasteiger partial charge in [-0.3, -0.25) is 10.1 Å². The number of aromatic nitrogens is 1. The van der Waals surface area contributed by atoms with Crippen LogP contribution in [0.25, 0.3) is 16.3 Å². The standard InChI is InChI=1S/C19H17N3O3S2/c1-24-13-6-3-12(4-7-13)5-10-17(23)21-18(26)22-19-20-15-9-8-14(25-2)11-16(15)27-19/h3-11H,1-2H3,(H2,20,21,22,23,26). The van der Waals surface area contributed by atoms with Crippen LogP contribution in [0.4, 0.5) is 5.13 Å². The van der Waals surface area contributed by atoms with Gasteiger partial charge in [-0.15, -0.1) is 0 Å². The fourth-order valence-electron chi connectivity index (χ4n) is 2.25. The molecular weight excluding hydrogens is 382 g/mol. The van der Waals surface area contributed by atoms with Crippen molar-refractivity contribution in [2.45, 2.75) is 0 Å². The highest BCUT2D eigenvalue weighted by Crippen LogP contribution is 2.29. The third-order valence-corrected chi connectivity index (χ3v) is 4.73. The first-order valence-corrected chi connectivity index (χ1v) is 9.18. The first-order valence-electron chi connectivity index (χ1n) is 7.96. The number of nitrogens with zero attached hydrogens (tertiary/aromatic N) is 1. The molecule has 6 nitrogen and oxygen atoms in total. The minimum atomic E-state index is -0.328. The van der Waals surface area contributed by atoms with Crippen LogP contribution in [0.1, 0.15) is 5.56 Å². The maximum absolute atomic E-state index is 12.0. The Morgan fingerprint density at radius 3 is 2.52 bits per heavy atom. The summed E-state index contributed by atoms with van der Waals surface area (Å²) in [6.45, 7) is 0. The molecule has 0 fully saturated rings. The van der Waals surface area contributed by atoms with Crippen LogP contribution in [0, 0.1) is 0 Å². The number of anilines is 1. The van der Waals surface area contributed by atoms with E-state index in [1.165, 1.54) is 17.4 Å². The van der Waals surface area contributed by atoms with Crippen molar-refractivity contribution in [1.82, 2.24) is 10.3 Å². The first-order chi connectivity index (χ1) is 13.1. The third kappa shape index (κ3) is 5.02. The molecule has 2 N–H and O–H groups in total. The molecule has 0 radical (unpaired) electrons. The summed E-state index contributed by atoms with van der Waals surface area (Å²) in [5.74, 6) is 1.19. The van der Waals surface area contributed by atoms with E-state index in [2.05, 4.69) is 15.6 Å². The van der Waals surface area contributed by atoms with Crippen LogP contribution in [0.3, 0.4) is 0 Å². The minimum absolute atomic E-state index is 0.186. The van der Waals surface area contributed by atoms with E-state index in [0.29, 0.717) is 5.13 Å². The topological polar surface area (TPSA) is 72.5 Å². The van der Waals surface area contributed by atoms with E-state index in [1.807, 2.05) is 42.5 Å². The summed E-state index contributed by atoms with van der Waals surface area (Å²) in [6.07, 6.45) is 3.11. The minimum Gasteiger partial charge on any atom is -0.497 e. The average molecular weight is 399 g/mol. The molecular formula is C19H17N3O3S2. The van der Waals surface area contributed by atoms with Crippen molar-refractivity contribution >= 4 is 56.0 Å². The lowest BCUT2D eigenvalue weighted by Crippen LogP contribution is -2.32. The van der Waals surface area contributed by atoms with Gasteiger partial charge in [-0.2, -0.15) is 0 Å². The van der Waals surface area contributed by atoms with E-state index in [1.54, 1.807) is 20.3 Å². The third-order valence-electron chi connectivity index (χ3n) is 3.60. The van der Waals surface area contributed by atoms with Crippen molar-refractivity contribution in [2.75, 3.05) is 19.5 Å². The first kappa shape index (κ1) is 18.8. The van der Waals surface area contributed by atoms with Crippen LogP contribution in [0.15, 0.2) is 48.5 Å². The number of hydrogen-bond acceptors (Lipinski definition) is 6. The molecule has 0 aliphatic carbocycles. The number of amides is 1. The normalized spacial score (nSPS) is 10.7. The Bertz CT molecular complexity index is 997. The van der Waals surface area contributed by atoms with Crippen LogP contribution >= 0.6 is 23.6 Å². The number of rotatable bonds is 5. The fraction of sp³-hybridized carbons (Fsp3) is 0.105. The Morgan fingerprint density at radius 1 is 1.11 bits per heavy atom. The molecule has 0 unspecified atom stereocenters. The number of thiazole rings is 1. The predicted octanol–water partition coefficient (Wildman–Crippen LogP) is 3.84. The van der Waals surface area contributed by atoms with Gasteiger partial charge in [-0.1, -0.05) is 23.5 Å². The van der Waals surface area contributed by atoms with Gasteiger partial charge in [0.2, 0.25) is 5.91 Å². The number of methoxy groups -OCH3 is 2. The van der Waals surface area contributed by atoms with Crippen LogP contribution in [-0.4, -0.2) is 30.2 Å². The Labute approximate surface area is 165 Å². The smallest absolute Gasteiger partial charge is 0.250 e. The number of carbonyl (C=O) groups is 1. The maximum atomic E-state index is 12.0. The number of carbonyl (C=O) groups excluding carboxylic acids is 1. The van der Waals surface area contributed by atoms with Crippen LogP contribution in [0.5, 0.6) is 11.5 Å².